The number of benzene rings is 1. The second kappa shape index (κ2) is 4.09. The van der Waals surface area contributed by atoms with E-state index in [1.807, 2.05) is 4.90 Å². The van der Waals surface area contributed by atoms with E-state index in [1.165, 1.54) is 11.1 Å². The number of para-hydroxylation sites is 1. The largest absolute Gasteiger partial charge is 0.329 e. The third-order valence-electron chi connectivity index (χ3n) is 4.49. The van der Waals surface area contributed by atoms with Gasteiger partial charge in [0.25, 0.3) is 0 Å². The number of nitrogens with two attached hydrogens (primary N) is 1. The predicted molar refractivity (Wildman–Crippen MR) is 72.7 cm³/mol. The van der Waals surface area contributed by atoms with E-state index in [1.54, 1.807) is 0 Å². The highest BCUT2D eigenvalue weighted by Gasteiger charge is 2.52. The van der Waals surface area contributed by atoms with Gasteiger partial charge in [0.15, 0.2) is 0 Å². The number of nitrogens with zero attached hydrogens (tertiary/aromatic N) is 1. The SMILES string of the molecule is Cc1cccc2c1N(CCN)C(=O)C21CCCC1. The summed E-state index contributed by atoms with van der Waals surface area (Å²) in [5, 5.41) is 0. The van der Waals surface area contributed by atoms with E-state index >= 15 is 0 Å². The topological polar surface area (TPSA) is 46.3 Å². The van der Waals surface area contributed by atoms with Crippen LogP contribution in [0.2, 0.25) is 0 Å². The lowest BCUT2D eigenvalue weighted by Crippen LogP contribution is -2.40. The van der Waals surface area contributed by atoms with Crippen molar-refractivity contribution < 1.29 is 4.79 Å². The van der Waals surface area contributed by atoms with Crippen LogP contribution in [0.15, 0.2) is 18.2 Å². The molecule has 1 aromatic carbocycles. The van der Waals surface area contributed by atoms with Gasteiger partial charge >= 0.3 is 0 Å². The van der Waals surface area contributed by atoms with Gasteiger partial charge in [0.1, 0.15) is 0 Å². The van der Waals surface area contributed by atoms with Crippen LogP contribution in [-0.2, 0) is 10.2 Å². The third kappa shape index (κ3) is 1.37. The number of hydrogen-bond acceptors (Lipinski definition) is 2. The number of carbonyl (C=O) groups excluding carboxylic acids is 1. The summed E-state index contributed by atoms with van der Waals surface area (Å²) in [7, 11) is 0. The minimum Gasteiger partial charge on any atom is -0.329 e. The van der Waals surface area contributed by atoms with E-state index in [0.29, 0.717) is 13.1 Å². The summed E-state index contributed by atoms with van der Waals surface area (Å²) in [6, 6.07) is 6.30. The van der Waals surface area contributed by atoms with Gasteiger partial charge in [0, 0.05) is 13.1 Å². The molecule has 0 saturated heterocycles. The second-order valence-corrected chi connectivity index (χ2v) is 5.51. The van der Waals surface area contributed by atoms with Gasteiger partial charge in [-0.3, -0.25) is 4.79 Å². The van der Waals surface area contributed by atoms with Crippen molar-refractivity contribution in [3.05, 3.63) is 29.3 Å². The van der Waals surface area contributed by atoms with Crippen molar-refractivity contribution >= 4 is 11.6 Å². The van der Waals surface area contributed by atoms with E-state index in [2.05, 4.69) is 25.1 Å². The minimum atomic E-state index is -0.226. The summed E-state index contributed by atoms with van der Waals surface area (Å²) in [5.74, 6) is 0.287. The zero-order valence-corrected chi connectivity index (χ0v) is 10.9. The van der Waals surface area contributed by atoms with Crippen molar-refractivity contribution in [2.45, 2.75) is 38.0 Å². The number of anilines is 1. The van der Waals surface area contributed by atoms with Crippen LogP contribution in [0.25, 0.3) is 0 Å². The smallest absolute Gasteiger partial charge is 0.237 e. The first kappa shape index (κ1) is 11.7. The standard InChI is InChI=1S/C15H20N2O/c1-11-5-4-6-12-13(11)17(10-9-16)14(18)15(12)7-2-3-8-15/h4-6H,2-3,7-10,16H2,1H3. The quantitative estimate of drug-likeness (QED) is 0.866. The Bertz CT molecular complexity index is 489. The summed E-state index contributed by atoms with van der Waals surface area (Å²) >= 11 is 0. The van der Waals surface area contributed by atoms with Gasteiger partial charge in [-0.05, 0) is 30.9 Å². The molecule has 3 rings (SSSR count). The molecule has 1 aliphatic carbocycles. The fraction of sp³-hybridized carbons (Fsp3) is 0.533. The van der Waals surface area contributed by atoms with E-state index in [-0.39, 0.29) is 11.3 Å². The Morgan fingerprint density at radius 3 is 2.72 bits per heavy atom. The first-order chi connectivity index (χ1) is 8.70. The summed E-state index contributed by atoms with van der Waals surface area (Å²) in [6.45, 7) is 3.25. The molecule has 2 aliphatic rings. The fourth-order valence-corrected chi connectivity index (χ4v) is 3.68. The van der Waals surface area contributed by atoms with Crippen LogP contribution in [0.5, 0.6) is 0 Å². The van der Waals surface area contributed by atoms with E-state index in [0.717, 1.165) is 31.4 Å². The van der Waals surface area contributed by atoms with Crippen LogP contribution >= 0.6 is 0 Å². The molecule has 1 fully saturated rings. The molecule has 96 valence electrons. The van der Waals surface area contributed by atoms with Crippen molar-refractivity contribution in [2.75, 3.05) is 18.0 Å². The Morgan fingerprint density at radius 1 is 1.33 bits per heavy atom. The van der Waals surface area contributed by atoms with Crippen molar-refractivity contribution in [2.24, 2.45) is 5.73 Å². The number of carbonyl (C=O) groups is 1. The molecule has 1 saturated carbocycles. The van der Waals surface area contributed by atoms with Gasteiger partial charge in [-0.2, -0.15) is 0 Å². The van der Waals surface area contributed by atoms with Crippen LogP contribution < -0.4 is 10.6 Å². The zero-order valence-electron chi connectivity index (χ0n) is 10.9. The molecule has 3 heteroatoms. The van der Waals surface area contributed by atoms with E-state index in [9.17, 15) is 4.79 Å². The molecule has 1 spiro atoms. The minimum absolute atomic E-state index is 0.226. The Morgan fingerprint density at radius 2 is 2.06 bits per heavy atom. The lowest BCUT2D eigenvalue weighted by Gasteiger charge is -2.23. The number of rotatable bonds is 2. The maximum absolute atomic E-state index is 12.8. The highest BCUT2D eigenvalue weighted by molar-refractivity contribution is 6.09. The molecule has 1 amide bonds. The molecule has 0 bridgehead atoms. The average molecular weight is 244 g/mol. The highest BCUT2D eigenvalue weighted by atomic mass is 16.2. The Labute approximate surface area is 108 Å². The molecule has 0 aromatic heterocycles. The maximum atomic E-state index is 12.8. The molecule has 1 heterocycles. The summed E-state index contributed by atoms with van der Waals surface area (Å²) in [4.78, 5) is 14.7. The van der Waals surface area contributed by atoms with Crippen molar-refractivity contribution in [1.29, 1.82) is 0 Å². The molecule has 2 N–H and O–H groups in total. The lowest BCUT2D eigenvalue weighted by molar-refractivity contribution is -0.123. The highest BCUT2D eigenvalue weighted by Crippen LogP contribution is 2.52. The number of amides is 1. The fourth-order valence-electron chi connectivity index (χ4n) is 3.68. The van der Waals surface area contributed by atoms with Gasteiger partial charge in [0.05, 0.1) is 11.1 Å². The average Bonchev–Trinajstić information content (AvgIpc) is 2.93. The summed E-state index contributed by atoms with van der Waals surface area (Å²) in [5.41, 5.74) is 9.02. The molecule has 3 nitrogen and oxygen atoms in total. The number of aryl methyl sites for hydroxylation is 1. The van der Waals surface area contributed by atoms with Gasteiger partial charge < -0.3 is 10.6 Å². The summed E-state index contributed by atoms with van der Waals surface area (Å²) in [6.07, 6.45) is 4.33. The normalized spacial score (nSPS) is 20.8. The molecular formula is C15H20N2O. The Hall–Kier alpha value is -1.35. The van der Waals surface area contributed by atoms with Gasteiger partial charge in [0.2, 0.25) is 5.91 Å². The zero-order chi connectivity index (χ0) is 12.8. The predicted octanol–water partition coefficient (Wildman–Crippen LogP) is 2.11. The lowest BCUT2D eigenvalue weighted by atomic mass is 9.80. The van der Waals surface area contributed by atoms with Gasteiger partial charge in [-0.15, -0.1) is 0 Å². The van der Waals surface area contributed by atoms with E-state index < -0.39 is 0 Å². The molecule has 18 heavy (non-hydrogen) atoms. The van der Waals surface area contributed by atoms with E-state index in [4.69, 9.17) is 5.73 Å². The number of fused-ring (bicyclic) bond motifs is 2. The molecular weight excluding hydrogens is 224 g/mol. The maximum Gasteiger partial charge on any atom is 0.237 e. The van der Waals surface area contributed by atoms with Crippen LogP contribution in [0.3, 0.4) is 0 Å². The van der Waals surface area contributed by atoms with Crippen molar-refractivity contribution in [3.8, 4) is 0 Å². The first-order valence-electron chi connectivity index (χ1n) is 6.83. The second-order valence-electron chi connectivity index (χ2n) is 5.51. The molecule has 0 radical (unpaired) electrons. The van der Waals surface area contributed by atoms with Crippen LogP contribution in [-0.4, -0.2) is 19.0 Å². The Balaban J connectivity index is 2.17. The molecule has 0 atom stereocenters. The van der Waals surface area contributed by atoms with Crippen molar-refractivity contribution in [1.82, 2.24) is 0 Å². The van der Waals surface area contributed by atoms with Gasteiger partial charge in [-0.1, -0.05) is 31.0 Å². The van der Waals surface area contributed by atoms with Gasteiger partial charge in [-0.25, -0.2) is 0 Å². The van der Waals surface area contributed by atoms with Crippen molar-refractivity contribution in [3.63, 3.8) is 0 Å². The molecule has 1 aliphatic heterocycles. The first-order valence-corrected chi connectivity index (χ1v) is 6.83. The van der Waals surface area contributed by atoms with Crippen LogP contribution in [0, 0.1) is 6.92 Å². The monoisotopic (exact) mass is 244 g/mol. The molecule has 0 unspecified atom stereocenters. The van der Waals surface area contributed by atoms with Crippen LogP contribution in [0.1, 0.15) is 36.8 Å². The number of hydrogen-bond donors (Lipinski definition) is 1. The molecule has 1 aromatic rings. The Kier molecular flexibility index (Phi) is 2.67. The summed E-state index contributed by atoms with van der Waals surface area (Å²) < 4.78 is 0. The van der Waals surface area contributed by atoms with Crippen LogP contribution in [0.4, 0.5) is 5.69 Å². The third-order valence-corrected chi connectivity index (χ3v) is 4.49.